The van der Waals surface area contributed by atoms with Gasteiger partial charge in [0.25, 0.3) is 5.69 Å². The van der Waals surface area contributed by atoms with Crippen LogP contribution in [0.5, 0.6) is 11.5 Å². The topological polar surface area (TPSA) is 136 Å². The van der Waals surface area contributed by atoms with Crippen LogP contribution in [0.2, 0.25) is 0 Å². The normalized spacial score (nSPS) is 28.2. The maximum Gasteiger partial charge on any atom is 0.465 e. The molecule has 4 atom stereocenters. The summed E-state index contributed by atoms with van der Waals surface area (Å²) < 4.78 is 32.8. The van der Waals surface area contributed by atoms with Crippen LogP contribution in [-0.2, 0) is 23.1 Å². The second-order valence-corrected chi connectivity index (χ2v) is 8.37. The Balaban J connectivity index is 1.26. The Labute approximate surface area is 182 Å². The van der Waals surface area contributed by atoms with Gasteiger partial charge in [0.05, 0.1) is 35.4 Å². The van der Waals surface area contributed by atoms with Crippen LogP contribution >= 0.6 is 8.60 Å². The highest BCUT2D eigenvalue weighted by molar-refractivity contribution is 7.42. The van der Waals surface area contributed by atoms with E-state index in [0.717, 1.165) is 0 Å². The van der Waals surface area contributed by atoms with Gasteiger partial charge in [-0.1, -0.05) is 12.2 Å². The van der Waals surface area contributed by atoms with Crippen molar-refractivity contribution < 1.29 is 42.6 Å². The number of hydrogen-bond donors (Lipinski definition) is 1. The third-order valence-electron chi connectivity index (χ3n) is 5.28. The molecule has 1 saturated heterocycles. The third-order valence-corrected chi connectivity index (χ3v) is 6.30. The van der Waals surface area contributed by atoms with E-state index in [1.165, 1.54) is 12.1 Å². The lowest BCUT2D eigenvalue weighted by Gasteiger charge is -2.24. The van der Waals surface area contributed by atoms with E-state index in [2.05, 4.69) is 0 Å². The number of nitrogens with zero attached hydrogens (tertiary/aromatic N) is 1. The predicted molar refractivity (Wildman–Crippen MR) is 107 cm³/mol. The summed E-state index contributed by atoms with van der Waals surface area (Å²) in [6.45, 7) is -0.150. The largest absolute Gasteiger partial charge is 0.465 e. The molecular weight excluding hydrogens is 445 g/mol. The Morgan fingerprint density at radius 1 is 1.19 bits per heavy atom. The van der Waals surface area contributed by atoms with E-state index < -0.39 is 37.8 Å². The van der Waals surface area contributed by atoms with Crippen LogP contribution in [-0.4, -0.2) is 41.6 Å². The van der Waals surface area contributed by atoms with Gasteiger partial charge >= 0.3 is 14.6 Å². The average Bonchev–Trinajstić information content (AvgIpc) is 3.30. The molecule has 0 radical (unpaired) electrons. The van der Waals surface area contributed by atoms with Gasteiger partial charge in [0.15, 0.2) is 11.5 Å². The molecule has 168 valence electrons. The number of nitro benzene ring substituents is 1. The molecule has 1 N–H and O–H groups in total. The number of nitro groups is 1. The first kappa shape index (κ1) is 20.9. The molecule has 0 spiro atoms. The fourth-order valence-electron chi connectivity index (χ4n) is 3.70. The third kappa shape index (κ3) is 3.95. The molecule has 5 rings (SSSR count). The van der Waals surface area contributed by atoms with Crippen LogP contribution in [0.3, 0.4) is 0 Å². The number of allylic oxidation sites excluding steroid dienone is 3. The quantitative estimate of drug-likeness (QED) is 0.394. The number of ether oxygens (including phenoxy) is 3. The number of carbonyl (C=O) groups excluding carboxylic acids is 1. The summed E-state index contributed by atoms with van der Waals surface area (Å²) in [6.07, 6.45) is 5.27. The monoisotopic (exact) mass is 463 g/mol. The maximum absolute atomic E-state index is 12.2. The number of hydrogen-bond acceptors (Lipinski definition) is 10. The van der Waals surface area contributed by atoms with Crippen molar-refractivity contribution in [3.8, 4) is 11.5 Å². The molecule has 3 aliphatic heterocycles. The van der Waals surface area contributed by atoms with Crippen molar-refractivity contribution in [2.75, 3.05) is 13.4 Å². The lowest BCUT2D eigenvalue weighted by molar-refractivity contribution is -0.386. The molecule has 0 aromatic heterocycles. The highest BCUT2D eigenvalue weighted by Crippen LogP contribution is 2.49. The van der Waals surface area contributed by atoms with Gasteiger partial charge in [-0.05, 0) is 24.6 Å². The summed E-state index contributed by atoms with van der Waals surface area (Å²) in [4.78, 5) is 23.2. The molecule has 2 unspecified atom stereocenters. The van der Waals surface area contributed by atoms with Gasteiger partial charge in [0.1, 0.15) is 17.4 Å². The smallest absolute Gasteiger partial charge is 0.454 e. The molecule has 12 heteroatoms. The van der Waals surface area contributed by atoms with Gasteiger partial charge in [-0.25, -0.2) is 4.79 Å². The van der Waals surface area contributed by atoms with E-state index in [9.17, 15) is 20.0 Å². The summed E-state index contributed by atoms with van der Waals surface area (Å²) in [5, 5.41) is 22.0. The molecule has 0 amide bonds. The highest BCUT2D eigenvalue weighted by Gasteiger charge is 2.41. The number of aliphatic hydroxyl groups excluding tert-OH is 1. The molecule has 0 bridgehead atoms. The van der Waals surface area contributed by atoms with Crippen molar-refractivity contribution in [3.63, 3.8) is 0 Å². The number of carbonyl (C=O) groups is 1. The van der Waals surface area contributed by atoms with E-state index in [1.807, 2.05) is 12.2 Å². The van der Waals surface area contributed by atoms with Crippen molar-refractivity contribution in [3.05, 3.63) is 63.4 Å². The lowest BCUT2D eigenvalue weighted by Crippen LogP contribution is -2.26. The highest BCUT2D eigenvalue weighted by atomic mass is 31.2. The minimum Gasteiger partial charge on any atom is -0.454 e. The first-order chi connectivity index (χ1) is 15.5. The molecule has 1 aromatic carbocycles. The second-order valence-electron chi connectivity index (χ2n) is 7.30. The molecule has 0 saturated carbocycles. The van der Waals surface area contributed by atoms with E-state index in [0.29, 0.717) is 23.5 Å². The Hall–Kier alpha value is -2.98. The van der Waals surface area contributed by atoms with Crippen molar-refractivity contribution in [2.45, 2.75) is 31.2 Å². The van der Waals surface area contributed by atoms with Crippen LogP contribution in [0, 0.1) is 10.1 Å². The van der Waals surface area contributed by atoms with E-state index in [-0.39, 0.29) is 36.8 Å². The molecule has 3 heterocycles. The minimum absolute atomic E-state index is 0.0219. The Bertz CT molecular complexity index is 1050. The Morgan fingerprint density at radius 3 is 2.78 bits per heavy atom. The van der Waals surface area contributed by atoms with E-state index in [4.69, 9.17) is 27.8 Å². The van der Waals surface area contributed by atoms with Gasteiger partial charge < -0.3 is 28.4 Å². The molecule has 32 heavy (non-hydrogen) atoms. The average molecular weight is 463 g/mol. The molecule has 1 aliphatic carbocycles. The van der Waals surface area contributed by atoms with Crippen molar-refractivity contribution >= 4 is 20.3 Å². The maximum atomic E-state index is 12.2. The predicted octanol–water partition coefficient (Wildman–Crippen LogP) is 3.10. The van der Waals surface area contributed by atoms with Crippen LogP contribution in [0.15, 0.2) is 47.8 Å². The second kappa shape index (κ2) is 8.51. The summed E-state index contributed by atoms with van der Waals surface area (Å²) in [5.41, 5.74) is 0.403. The zero-order valence-electron chi connectivity index (χ0n) is 16.5. The van der Waals surface area contributed by atoms with Crippen molar-refractivity contribution in [2.24, 2.45) is 0 Å². The Morgan fingerprint density at radius 2 is 1.97 bits per heavy atom. The minimum atomic E-state index is -2.02. The fraction of sp³-hybridized carbons (Fsp3) is 0.350. The zero-order valence-corrected chi connectivity index (χ0v) is 17.4. The molecule has 4 aliphatic rings. The van der Waals surface area contributed by atoms with Crippen molar-refractivity contribution in [1.82, 2.24) is 0 Å². The van der Waals surface area contributed by atoms with Gasteiger partial charge in [-0.2, -0.15) is 0 Å². The fourth-order valence-corrected chi connectivity index (χ4v) is 4.67. The van der Waals surface area contributed by atoms with Crippen LogP contribution in [0.25, 0.3) is 0 Å². The van der Waals surface area contributed by atoms with E-state index in [1.54, 1.807) is 12.2 Å². The van der Waals surface area contributed by atoms with E-state index >= 15 is 0 Å². The van der Waals surface area contributed by atoms with Crippen LogP contribution in [0.4, 0.5) is 5.69 Å². The first-order valence-electron chi connectivity index (χ1n) is 9.81. The Kier molecular flexibility index (Phi) is 5.56. The summed E-state index contributed by atoms with van der Waals surface area (Å²) in [5.74, 6) is 0.475. The summed E-state index contributed by atoms with van der Waals surface area (Å²) >= 11 is 0. The molecule has 11 nitrogen and oxygen atoms in total. The van der Waals surface area contributed by atoms with Crippen LogP contribution < -0.4 is 9.47 Å². The van der Waals surface area contributed by atoms with Gasteiger partial charge in [-0.15, -0.1) is 0 Å². The summed E-state index contributed by atoms with van der Waals surface area (Å²) in [6, 6.07) is 2.78. The lowest BCUT2D eigenvalue weighted by atomic mass is 10.0. The SMILES string of the molecule is O=C1OP(OC[C@H]2O[C@@H](c3cc4c(cc3[N+](=O)[O-])OCO4)CC2O)OC2=C1C=CCC=C2. The number of benzene rings is 1. The standard InChI is InChI=1S/C20H18NO10P/c22-14-8-16(12-6-17-18(27-10-26-17)7-13(12)21(24)25)29-19(14)9-28-32-30-15-5-3-1-2-4-11(15)20(23)31-32/h2-7,14,16,19,22H,1,8-10H2/t14?,16-,19-,32?/m1/s1. The molecular formula is C20H18NO10P. The number of rotatable bonds is 5. The van der Waals surface area contributed by atoms with Gasteiger partial charge in [-0.3, -0.25) is 14.6 Å². The first-order valence-corrected chi connectivity index (χ1v) is 10.9. The molecule has 1 fully saturated rings. The number of aliphatic hydroxyl groups is 1. The number of fused-ring (bicyclic) bond motifs is 1. The zero-order chi connectivity index (χ0) is 22.2. The van der Waals surface area contributed by atoms with Gasteiger partial charge in [0.2, 0.25) is 6.79 Å². The van der Waals surface area contributed by atoms with Gasteiger partial charge in [0, 0.05) is 6.42 Å². The van der Waals surface area contributed by atoms with Crippen molar-refractivity contribution in [1.29, 1.82) is 0 Å². The molecule has 1 aromatic rings. The summed E-state index contributed by atoms with van der Waals surface area (Å²) in [7, 11) is -2.02. The van der Waals surface area contributed by atoms with Crippen LogP contribution in [0.1, 0.15) is 24.5 Å².